The molecule has 0 radical (unpaired) electrons. The topological polar surface area (TPSA) is 0 Å². The maximum Gasteiger partial charge on any atom is 0.0203 e. The van der Waals surface area contributed by atoms with Gasteiger partial charge in [0.15, 0.2) is 0 Å². The Labute approximate surface area is 170 Å². The summed E-state index contributed by atoms with van der Waals surface area (Å²) in [5.41, 5.74) is 0. The van der Waals surface area contributed by atoms with Crippen molar-refractivity contribution in [2.45, 2.75) is 123 Å². The first kappa shape index (κ1) is 21.3. The molecule has 0 aliphatic heterocycles. The molecule has 3 fully saturated rings. The Kier molecular flexibility index (Phi) is 9.09. The monoisotopic (exact) mass is 370 g/mol. The lowest BCUT2D eigenvalue weighted by molar-refractivity contribution is 0.155. The van der Waals surface area contributed by atoms with Crippen LogP contribution in [0.25, 0.3) is 0 Å². The molecule has 154 valence electrons. The minimum absolute atomic E-state index is 0.731. The van der Waals surface area contributed by atoms with Crippen molar-refractivity contribution < 1.29 is 0 Å². The first-order valence-corrected chi connectivity index (χ1v) is 12.8. The van der Waals surface area contributed by atoms with Gasteiger partial charge in [0.2, 0.25) is 0 Å². The fourth-order valence-electron chi connectivity index (χ4n) is 6.32. The molecule has 3 rings (SSSR count). The second-order valence-electron chi connectivity index (χ2n) is 10.3. The van der Waals surface area contributed by atoms with Gasteiger partial charge >= 0.3 is 0 Å². The van der Waals surface area contributed by atoms with Crippen molar-refractivity contribution in [3.05, 3.63) is 0 Å². The second kappa shape index (κ2) is 11.5. The molecule has 0 aromatic rings. The molecular weight excluding hydrogens is 324 g/mol. The van der Waals surface area contributed by atoms with Crippen LogP contribution < -0.4 is 0 Å². The van der Waals surface area contributed by atoms with Crippen molar-refractivity contribution in [1.29, 1.82) is 0 Å². The van der Waals surface area contributed by atoms with E-state index in [4.69, 9.17) is 0 Å². The lowest BCUT2D eigenvalue weighted by atomic mass is 9.69. The van der Waals surface area contributed by atoms with Gasteiger partial charge < -0.3 is 0 Å². The van der Waals surface area contributed by atoms with Gasteiger partial charge in [-0.2, -0.15) is 0 Å². The van der Waals surface area contributed by atoms with Gasteiger partial charge in [-0.25, -0.2) is 0 Å². The van der Waals surface area contributed by atoms with Crippen LogP contribution >= 0.6 is 0 Å². The first-order chi connectivity index (χ1) is 13.3. The number of hydrogen-bond acceptors (Lipinski definition) is 0. The van der Waals surface area contributed by atoms with Gasteiger partial charge in [-0.3, -0.25) is 0 Å². The molecule has 3 aliphatic rings. The molecule has 3 saturated carbocycles. The van der Waals surface area contributed by atoms with Gasteiger partial charge in [0.1, 0.15) is 0 Å². The summed E-state index contributed by atoms with van der Waals surface area (Å²) >= 11 is 0. The minimum Gasteiger partial charge on any atom is -0.0996 e. The predicted octanol–water partition coefficient (Wildman–Crippen LogP) is 8.40. The van der Waals surface area contributed by atoms with Gasteiger partial charge in [0, 0.05) is 11.8 Å². The van der Waals surface area contributed by atoms with E-state index in [9.17, 15) is 0 Å². The van der Waals surface area contributed by atoms with Crippen molar-refractivity contribution in [2.24, 2.45) is 35.5 Å². The van der Waals surface area contributed by atoms with Crippen LogP contribution in [0.1, 0.15) is 123 Å². The van der Waals surface area contributed by atoms with E-state index in [1.165, 1.54) is 109 Å². The zero-order chi connectivity index (χ0) is 18.9. The molecule has 0 saturated heterocycles. The standard InChI is InChI=1S/C27H46/c1-3-5-6-7-23-8-10-24(11-9-23)12-13-25-16-20-27(21-17-25)26-18-14-22(4-2)15-19-26/h22-27H,3-11,14-21H2,1-2H3. The highest BCUT2D eigenvalue weighted by Gasteiger charge is 2.30. The fourth-order valence-corrected chi connectivity index (χ4v) is 6.32. The van der Waals surface area contributed by atoms with Gasteiger partial charge in [-0.1, -0.05) is 70.6 Å². The highest BCUT2D eigenvalue weighted by atomic mass is 14.3. The van der Waals surface area contributed by atoms with Crippen LogP contribution in [0.3, 0.4) is 0 Å². The summed E-state index contributed by atoms with van der Waals surface area (Å²) in [6, 6.07) is 0. The normalized spacial score (nSPS) is 37.4. The molecule has 0 spiro atoms. The minimum atomic E-state index is 0.731. The third-order valence-electron chi connectivity index (χ3n) is 8.46. The molecule has 3 aliphatic carbocycles. The highest BCUT2D eigenvalue weighted by molar-refractivity contribution is 5.09. The summed E-state index contributed by atoms with van der Waals surface area (Å²) in [6.45, 7) is 4.70. The van der Waals surface area contributed by atoms with Crippen molar-refractivity contribution >= 4 is 0 Å². The van der Waals surface area contributed by atoms with E-state index in [-0.39, 0.29) is 0 Å². The predicted molar refractivity (Wildman–Crippen MR) is 119 cm³/mol. The van der Waals surface area contributed by atoms with Gasteiger partial charge in [-0.05, 0) is 87.9 Å². The molecule has 0 nitrogen and oxygen atoms in total. The lowest BCUT2D eigenvalue weighted by Gasteiger charge is -2.37. The van der Waals surface area contributed by atoms with E-state index in [1.54, 1.807) is 0 Å². The summed E-state index contributed by atoms with van der Waals surface area (Å²) in [5.74, 6) is 13.1. The van der Waals surface area contributed by atoms with Crippen LogP contribution in [0.15, 0.2) is 0 Å². The number of unbranched alkanes of at least 4 members (excludes halogenated alkanes) is 2. The Morgan fingerprint density at radius 1 is 0.556 bits per heavy atom. The van der Waals surface area contributed by atoms with Crippen molar-refractivity contribution in [3.8, 4) is 11.8 Å². The lowest BCUT2D eigenvalue weighted by Crippen LogP contribution is -2.25. The summed E-state index contributed by atoms with van der Waals surface area (Å²) in [7, 11) is 0. The van der Waals surface area contributed by atoms with Gasteiger partial charge in [0.25, 0.3) is 0 Å². The van der Waals surface area contributed by atoms with Crippen LogP contribution in [0.4, 0.5) is 0 Å². The van der Waals surface area contributed by atoms with Crippen LogP contribution in [0.2, 0.25) is 0 Å². The summed E-state index contributed by atoms with van der Waals surface area (Å²) < 4.78 is 0. The Hall–Kier alpha value is -0.440. The molecule has 0 heteroatoms. The average Bonchev–Trinajstić information content (AvgIpc) is 2.74. The molecule has 0 bridgehead atoms. The smallest absolute Gasteiger partial charge is 0.0203 e. The fraction of sp³-hybridized carbons (Fsp3) is 0.926. The molecule has 0 atom stereocenters. The molecule has 27 heavy (non-hydrogen) atoms. The van der Waals surface area contributed by atoms with Crippen LogP contribution in [-0.4, -0.2) is 0 Å². The van der Waals surface area contributed by atoms with Gasteiger partial charge in [-0.15, -0.1) is 0 Å². The third kappa shape index (κ3) is 6.84. The van der Waals surface area contributed by atoms with Gasteiger partial charge in [0.05, 0.1) is 0 Å². The van der Waals surface area contributed by atoms with Crippen molar-refractivity contribution in [2.75, 3.05) is 0 Å². The van der Waals surface area contributed by atoms with Crippen molar-refractivity contribution in [1.82, 2.24) is 0 Å². The van der Waals surface area contributed by atoms with Crippen LogP contribution in [0, 0.1) is 47.3 Å². The van der Waals surface area contributed by atoms with E-state index in [2.05, 4.69) is 25.7 Å². The average molecular weight is 371 g/mol. The summed E-state index contributed by atoms with van der Waals surface area (Å²) in [4.78, 5) is 0. The third-order valence-corrected chi connectivity index (χ3v) is 8.46. The van der Waals surface area contributed by atoms with Crippen molar-refractivity contribution in [3.63, 3.8) is 0 Å². The van der Waals surface area contributed by atoms with E-state index in [0.29, 0.717) is 0 Å². The molecule has 0 amide bonds. The van der Waals surface area contributed by atoms with E-state index in [1.807, 2.05) is 0 Å². The molecule has 0 aromatic heterocycles. The Morgan fingerprint density at radius 2 is 1.04 bits per heavy atom. The SMILES string of the molecule is CCCCCC1CCC(C#CC2CCC(C3CCC(CC)CC3)CC2)CC1. The maximum atomic E-state index is 3.75. The summed E-state index contributed by atoms with van der Waals surface area (Å²) in [6.07, 6.45) is 24.7. The number of hydrogen-bond donors (Lipinski definition) is 0. The summed E-state index contributed by atoms with van der Waals surface area (Å²) in [5, 5.41) is 0. The van der Waals surface area contributed by atoms with E-state index in [0.717, 1.165) is 35.5 Å². The quantitative estimate of drug-likeness (QED) is 0.325. The largest absolute Gasteiger partial charge is 0.0996 e. The zero-order valence-corrected chi connectivity index (χ0v) is 18.5. The Bertz CT molecular complexity index is 442. The second-order valence-corrected chi connectivity index (χ2v) is 10.3. The highest BCUT2D eigenvalue weighted by Crippen LogP contribution is 2.42. The molecule has 0 heterocycles. The van der Waals surface area contributed by atoms with E-state index >= 15 is 0 Å². The molecule has 0 N–H and O–H groups in total. The van der Waals surface area contributed by atoms with Crippen LogP contribution in [0.5, 0.6) is 0 Å². The van der Waals surface area contributed by atoms with E-state index < -0.39 is 0 Å². The number of rotatable bonds is 6. The van der Waals surface area contributed by atoms with Crippen LogP contribution in [-0.2, 0) is 0 Å². The first-order valence-electron chi connectivity index (χ1n) is 12.8. The Morgan fingerprint density at radius 3 is 1.56 bits per heavy atom. The molecule has 0 aromatic carbocycles. The molecule has 0 unspecified atom stereocenters. The molecular formula is C27H46. The maximum absolute atomic E-state index is 3.75. The zero-order valence-electron chi connectivity index (χ0n) is 18.5. The Balaban J connectivity index is 1.32.